The Hall–Kier alpha value is -1.55. The van der Waals surface area contributed by atoms with Crippen molar-refractivity contribution in [3.8, 4) is 0 Å². The van der Waals surface area contributed by atoms with Crippen molar-refractivity contribution in [2.75, 3.05) is 13.1 Å². The molecule has 1 aliphatic rings. The second kappa shape index (κ2) is 4.98. The number of carboxylic acid groups (broad SMARTS) is 1. The van der Waals surface area contributed by atoms with Crippen LogP contribution in [-0.2, 0) is 4.79 Å². The number of benzene rings is 1. The molecule has 1 unspecified atom stereocenters. The minimum Gasteiger partial charge on any atom is -0.481 e. The van der Waals surface area contributed by atoms with E-state index >= 15 is 0 Å². The van der Waals surface area contributed by atoms with E-state index in [2.05, 4.69) is 0 Å². The number of carbonyl (C=O) groups excluding carboxylic acids is 1. The molecule has 0 radical (unpaired) electrons. The van der Waals surface area contributed by atoms with Gasteiger partial charge >= 0.3 is 5.97 Å². The Morgan fingerprint density at radius 2 is 2.17 bits per heavy atom. The third-order valence-electron chi connectivity index (χ3n) is 3.24. The van der Waals surface area contributed by atoms with Gasteiger partial charge in [0.2, 0.25) is 0 Å². The van der Waals surface area contributed by atoms with Gasteiger partial charge in [0.25, 0.3) is 5.91 Å². The van der Waals surface area contributed by atoms with Gasteiger partial charge in [-0.3, -0.25) is 9.59 Å². The van der Waals surface area contributed by atoms with Gasteiger partial charge in [-0.15, -0.1) is 0 Å². The fraction of sp³-hybridized carbons (Fsp3) is 0.385. The number of carbonyl (C=O) groups is 2. The summed E-state index contributed by atoms with van der Waals surface area (Å²) >= 11 is 5.84. The van der Waals surface area contributed by atoms with E-state index in [1.807, 2.05) is 6.92 Å². The van der Waals surface area contributed by atoms with Gasteiger partial charge in [-0.25, -0.2) is 0 Å². The number of rotatable bonds is 2. The van der Waals surface area contributed by atoms with Crippen LogP contribution in [0.3, 0.4) is 0 Å². The highest BCUT2D eigenvalue weighted by Crippen LogP contribution is 2.22. The maximum absolute atomic E-state index is 12.2. The zero-order valence-corrected chi connectivity index (χ0v) is 10.8. The van der Waals surface area contributed by atoms with Gasteiger partial charge in [0.15, 0.2) is 0 Å². The first-order valence-corrected chi connectivity index (χ1v) is 6.15. The lowest BCUT2D eigenvalue weighted by Crippen LogP contribution is -2.30. The molecule has 2 rings (SSSR count). The lowest BCUT2D eigenvalue weighted by molar-refractivity contribution is -0.141. The largest absolute Gasteiger partial charge is 0.481 e. The number of hydrogen-bond donors (Lipinski definition) is 1. The summed E-state index contributed by atoms with van der Waals surface area (Å²) in [5, 5.41) is 9.51. The third kappa shape index (κ3) is 2.48. The SMILES string of the molecule is Cc1cc(Cl)ccc1C(=O)N1CCC(C(=O)O)C1. The molecule has 18 heavy (non-hydrogen) atoms. The highest BCUT2D eigenvalue weighted by molar-refractivity contribution is 6.30. The van der Waals surface area contributed by atoms with Crippen molar-refractivity contribution < 1.29 is 14.7 Å². The van der Waals surface area contributed by atoms with Crippen LogP contribution in [0.2, 0.25) is 5.02 Å². The number of nitrogens with zero attached hydrogens (tertiary/aromatic N) is 1. The molecule has 1 aliphatic heterocycles. The average Bonchev–Trinajstić information content (AvgIpc) is 2.77. The number of aliphatic carboxylic acids is 1. The van der Waals surface area contributed by atoms with Crippen LogP contribution in [0, 0.1) is 12.8 Å². The third-order valence-corrected chi connectivity index (χ3v) is 3.48. The second-order valence-corrected chi connectivity index (χ2v) is 4.97. The van der Waals surface area contributed by atoms with E-state index < -0.39 is 11.9 Å². The molecule has 0 aromatic heterocycles. The molecule has 1 N–H and O–H groups in total. The van der Waals surface area contributed by atoms with Crippen LogP contribution < -0.4 is 0 Å². The van der Waals surface area contributed by atoms with E-state index in [0.717, 1.165) is 5.56 Å². The summed E-state index contributed by atoms with van der Waals surface area (Å²) in [5.74, 6) is -1.40. The summed E-state index contributed by atoms with van der Waals surface area (Å²) in [6.45, 7) is 2.61. The van der Waals surface area contributed by atoms with E-state index in [9.17, 15) is 9.59 Å². The Balaban J connectivity index is 2.15. The van der Waals surface area contributed by atoms with Gasteiger partial charge < -0.3 is 10.0 Å². The van der Waals surface area contributed by atoms with Gasteiger partial charge in [-0.1, -0.05) is 11.6 Å². The Kier molecular flexibility index (Phi) is 3.57. The Morgan fingerprint density at radius 1 is 1.44 bits per heavy atom. The average molecular weight is 268 g/mol. The number of halogens is 1. The second-order valence-electron chi connectivity index (χ2n) is 4.53. The molecule has 1 atom stereocenters. The predicted molar refractivity (Wildman–Crippen MR) is 67.8 cm³/mol. The molecule has 1 heterocycles. The maximum Gasteiger partial charge on any atom is 0.308 e. The van der Waals surface area contributed by atoms with E-state index in [1.165, 1.54) is 0 Å². The molecule has 0 aliphatic carbocycles. The summed E-state index contributed by atoms with van der Waals surface area (Å²) in [4.78, 5) is 24.7. The Bertz CT molecular complexity index is 501. The minimum absolute atomic E-state index is 0.118. The van der Waals surface area contributed by atoms with Gasteiger partial charge in [0, 0.05) is 23.7 Å². The number of carboxylic acids is 1. The van der Waals surface area contributed by atoms with Crippen LogP contribution in [0.25, 0.3) is 0 Å². The molecular weight excluding hydrogens is 254 g/mol. The van der Waals surface area contributed by atoms with Crippen LogP contribution in [-0.4, -0.2) is 35.0 Å². The number of likely N-dealkylation sites (tertiary alicyclic amines) is 1. The fourth-order valence-electron chi connectivity index (χ4n) is 2.18. The predicted octanol–water partition coefficient (Wildman–Crippen LogP) is 2.20. The molecule has 1 amide bonds. The Morgan fingerprint density at radius 3 is 2.72 bits per heavy atom. The monoisotopic (exact) mass is 267 g/mol. The molecule has 0 bridgehead atoms. The molecule has 0 saturated carbocycles. The van der Waals surface area contributed by atoms with Crippen molar-refractivity contribution in [1.82, 2.24) is 4.90 Å². The first-order chi connectivity index (χ1) is 8.49. The summed E-state index contributed by atoms with van der Waals surface area (Å²) in [6.07, 6.45) is 0.522. The maximum atomic E-state index is 12.2. The number of amides is 1. The quantitative estimate of drug-likeness (QED) is 0.894. The van der Waals surface area contributed by atoms with Crippen LogP contribution in [0.4, 0.5) is 0 Å². The van der Waals surface area contributed by atoms with Crippen molar-refractivity contribution in [1.29, 1.82) is 0 Å². The lowest BCUT2D eigenvalue weighted by Gasteiger charge is -2.17. The first kappa shape index (κ1) is 12.9. The lowest BCUT2D eigenvalue weighted by atomic mass is 10.1. The van der Waals surface area contributed by atoms with Crippen molar-refractivity contribution in [3.63, 3.8) is 0 Å². The summed E-state index contributed by atoms with van der Waals surface area (Å²) in [7, 11) is 0. The molecule has 1 aromatic carbocycles. The van der Waals surface area contributed by atoms with Gasteiger partial charge in [-0.2, -0.15) is 0 Å². The number of aryl methyl sites for hydroxylation is 1. The molecule has 1 saturated heterocycles. The highest BCUT2D eigenvalue weighted by atomic mass is 35.5. The summed E-state index contributed by atoms with van der Waals surface area (Å²) < 4.78 is 0. The van der Waals surface area contributed by atoms with Crippen LogP contribution in [0.5, 0.6) is 0 Å². The molecule has 5 heteroatoms. The van der Waals surface area contributed by atoms with Crippen LogP contribution >= 0.6 is 11.6 Å². The van der Waals surface area contributed by atoms with Crippen molar-refractivity contribution in [2.45, 2.75) is 13.3 Å². The number of hydrogen-bond acceptors (Lipinski definition) is 2. The Labute approximate surface area is 110 Å². The smallest absolute Gasteiger partial charge is 0.308 e. The highest BCUT2D eigenvalue weighted by Gasteiger charge is 2.31. The zero-order chi connectivity index (χ0) is 13.3. The standard InChI is InChI=1S/C13H14ClNO3/c1-8-6-10(14)2-3-11(8)12(16)15-5-4-9(7-15)13(17)18/h2-3,6,9H,4-5,7H2,1H3,(H,17,18). The first-order valence-electron chi connectivity index (χ1n) is 5.77. The van der Waals surface area contributed by atoms with Crippen LogP contribution in [0.1, 0.15) is 22.3 Å². The molecule has 0 spiro atoms. The fourth-order valence-corrected chi connectivity index (χ4v) is 2.41. The zero-order valence-electron chi connectivity index (χ0n) is 10.0. The topological polar surface area (TPSA) is 57.6 Å². The van der Waals surface area contributed by atoms with E-state index in [4.69, 9.17) is 16.7 Å². The normalized spacial score (nSPS) is 19.0. The van der Waals surface area contributed by atoms with E-state index in [-0.39, 0.29) is 12.5 Å². The summed E-state index contributed by atoms with van der Waals surface area (Å²) in [6, 6.07) is 5.10. The van der Waals surface area contributed by atoms with Gasteiger partial charge in [0.1, 0.15) is 0 Å². The van der Waals surface area contributed by atoms with Crippen molar-refractivity contribution in [2.24, 2.45) is 5.92 Å². The molecule has 1 fully saturated rings. The van der Waals surface area contributed by atoms with E-state index in [1.54, 1.807) is 23.1 Å². The van der Waals surface area contributed by atoms with Gasteiger partial charge in [-0.05, 0) is 37.1 Å². The summed E-state index contributed by atoms with van der Waals surface area (Å²) in [5.41, 5.74) is 1.40. The van der Waals surface area contributed by atoms with Crippen molar-refractivity contribution in [3.05, 3.63) is 34.3 Å². The minimum atomic E-state index is -0.835. The van der Waals surface area contributed by atoms with E-state index in [0.29, 0.717) is 23.6 Å². The van der Waals surface area contributed by atoms with Crippen LogP contribution in [0.15, 0.2) is 18.2 Å². The van der Waals surface area contributed by atoms with Crippen molar-refractivity contribution >= 4 is 23.5 Å². The van der Waals surface area contributed by atoms with Gasteiger partial charge in [0.05, 0.1) is 5.92 Å². The molecule has 96 valence electrons. The molecule has 4 nitrogen and oxygen atoms in total. The molecule has 1 aromatic rings. The molecular formula is C13H14ClNO3.